The Morgan fingerprint density at radius 3 is 1.73 bits per heavy atom. The van der Waals surface area contributed by atoms with Crippen molar-refractivity contribution in [2.24, 2.45) is 11.7 Å². The predicted molar refractivity (Wildman–Crippen MR) is 50.6 cm³/mol. The van der Waals surface area contributed by atoms with Crippen molar-refractivity contribution in [1.82, 2.24) is 4.90 Å². The molecule has 0 heterocycles. The first kappa shape index (κ1) is 10.9. The highest BCUT2D eigenvalue weighted by atomic mass is 15.1. The van der Waals surface area contributed by atoms with E-state index in [-0.39, 0.29) is 0 Å². The minimum Gasteiger partial charge on any atom is -0.328 e. The molecule has 2 heteroatoms. The van der Waals surface area contributed by atoms with E-state index in [0.29, 0.717) is 18.0 Å². The van der Waals surface area contributed by atoms with E-state index in [1.54, 1.807) is 0 Å². The van der Waals surface area contributed by atoms with Gasteiger partial charge in [0.05, 0.1) is 0 Å². The fourth-order valence-corrected chi connectivity index (χ4v) is 1.46. The van der Waals surface area contributed by atoms with Crippen molar-refractivity contribution in [2.75, 3.05) is 14.1 Å². The van der Waals surface area contributed by atoms with Gasteiger partial charge >= 0.3 is 0 Å². The normalized spacial score (nSPS) is 17.5. The predicted octanol–water partition coefficient (Wildman–Crippen LogP) is 1.31. The molecule has 2 unspecified atom stereocenters. The van der Waals surface area contributed by atoms with E-state index in [0.717, 1.165) is 6.42 Å². The number of nitrogens with zero attached hydrogens (tertiary/aromatic N) is 1. The Morgan fingerprint density at radius 1 is 1.18 bits per heavy atom. The van der Waals surface area contributed by atoms with Gasteiger partial charge in [-0.3, -0.25) is 0 Å². The van der Waals surface area contributed by atoms with Gasteiger partial charge in [-0.1, -0.05) is 13.8 Å². The van der Waals surface area contributed by atoms with E-state index in [2.05, 4.69) is 39.8 Å². The van der Waals surface area contributed by atoms with E-state index in [4.69, 9.17) is 5.73 Å². The van der Waals surface area contributed by atoms with Crippen molar-refractivity contribution in [2.45, 2.75) is 39.3 Å². The minimum atomic E-state index is 0.310. The molecule has 0 aromatic heterocycles. The number of rotatable bonds is 4. The summed E-state index contributed by atoms with van der Waals surface area (Å²) in [5.41, 5.74) is 5.74. The van der Waals surface area contributed by atoms with Gasteiger partial charge in [-0.15, -0.1) is 0 Å². The van der Waals surface area contributed by atoms with Crippen LogP contribution >= 0.6 is 0 Å². The van der Waals surface area contributed by atoms with Gasteiger partial charge in [0.2, 0.25) is 0 Å². The second-order valence-electron chi connectivity index (χ2n) is 3.99. The molecule has 0 spiro atoms. The van der Waals surface area contributed by atoms with E-state index in [9.17, 15) is 0 Å². The molecule has 0 saturated heterocycles. The first-order valence-corrected chi connectivity index (χ1v) is 4.37. The van der Waals surface area contributed by atoms with Crippen molar-refractivity contribution in [3.8, 4) is 0 Å². The van der Waals surface area contributed by atoms with Crippen LogP contribution in [0.25, 0.3) is 0 Å². The summed E-state index contributed by atoms with van der Waals surface area (Å²) in [6.07, 6.45) is 1.09. The fraction of sp³-hybridized carbons (Fsp3) is 1.00. The van der Waals surface area contributed by atoms with Crippen molar-refractivity contribution in [3.63, 3.8) is 0 Å². The number of hydrogen-bond acceptors (Lipinski definition) is 2. The second-order valence-corrected chi connectivity index (χ2v) is 3.99. The van der Waals surface area contributed by atoms with Crippen LogP contribution < -0.4 is 5.73 Å². The first-order chi connectivity index (χ1) is 4.95. The highest BCUT2D eigenvalue weighted by Crippen LogP contribution is 2.12. The van der Waals surface area contributed by atoms with Gasteiger partial charge < -0.3 is 10.6 Å². The van der Waals surface area contributed by atoms with Gasteiger partial charge in [0.15, 0.2) is 0 Å². The third kappa shape index (κ3) is 4.38. The van der Waals surface area contributed by atoms with Crippen LogP contribution in [0.4, 0.5) is 0 Å². The number of hydrogen-bond donors (Lipinski definition) is 1. The van der Waals surface area contributed by atoms with Crippen molar-refractivity contribution < 1.29 is 0 Å². The molecule has 11 heavy (non-hydrogen) atoms. The van der Waals surface area contributed by atoms with Crippen LogP contribution in [-0.2, 0) is 0 Å². The van der Waals surface area contributed by atoms with Gasteiger partial charge in [-0.2, -0.15) is 0 Å². The Labute approximate surface area is 70.8 Å². The van der Waals surface area contributed by atoms with Crippen LogP contribution in [0.15, 0.2) is 0 Å². The lowest BCUT2D eigenvalue weighted by molar-refractivity contribution is 0.210. The summed E-state index contributed by atoms with van der Waals surface area (Å²) in [4.78, 5) is 2.26. The van der Waals surface area contributed by atoms with Gasteiger partial charge in [0.1, 0.15) is 0 Å². The number of nitrogens with two attached hydrogens (primary N) is 1. The van der Waals surface area contributed by atoms with Crippen LogP contribution in [0.2, 0.25) is 0 Å². The molecular weight excluding hydrogens is 136 g/mol. The molecule has 0 aliphatic carbocycles. The largest absolute Gasteiger partial charge is 0.328 e. The summed E-state index contributed by atoms with van der Waals surface area (Å²) in [6.45, 7) is 6.55. The molecular formula is C9H22N2. The summed E-state index contributed by atoms with van der Waals surface area (Å²) in [7, 11) is 4.24. The maximum Gasteiger partial charge on any atom is 0.0127 e. The fourth-order valence-electron chi connectivity index (χ4n) is 1.46. The molecule has 2 atom stereocenters. The molecule has 0 aromatic carbocycles. The summed E-state index contributed by atoms with van der Waals surface area (Å²) < 4.78 is 0. The molecule has 0 radical (unpaired) electrons. The van der Waals surface area contributed by atoms with E-state index in [1.165, 1.54) is 0 Å². The minimum absolute atomic E-state index is 0.310. The van der Waals surface area contributed by atoms with Crippen LogP contribution in [0, 0.1) is 5.92 Å². The molecule has 0 fully saturated rings. The quantitative estimate of drug-likeness (QED) is 0.668. The smallest absolute Gasteiger partial charge is 0.0127 e. The summed E-state index contributed by atoms with van der Waals surface area (Å²) in [5.74, 6) is 0.691. The zero-order valence-electron chi connectivity index (χ0n) is 8.46. The molecule has 0 aliphatic heterocycles. The Hall–Kier alpha value is -0.0800. The van der Waals surface area contributed by atoms with Crippen LogP contribution in [-0.4, -0.2) is 31.1 Å². The van der Waals surface area contributed by atoms with E-state index in [1.807, 2.05) is 0 Å². The standard InChI is InChI=1S/C9H22N2/c1-7(2)9(11(4)5)6-8(3)10/h7-9H,6,10H2,1-5H3. The first-order valence-electron chi connectivity index (χ1n) is 4.37. The van der Waals surface area contributed by atoms with Crippen molar-refractivity contribution in [3.05, 3.63) is 0 Å². The highest BCUT2D eigenvalue weighted by Gasteiger charge is 2.16. The molecule has 68 valence electrons. The lowest BCUT2D eigenvalue weighted by Gasteiger charge is -2.29. The molecule has 0 amide bonds. The Bertz CT molecular complexity index is 89.7. The molecule has 0 aromatic rings. The zero-order chi connectivity index (χ0) is 9.02. The van der Waals surface area contributed by atoms with Crippen molar-refractivity contribution in [1.29, 1.82) is 0 Å². The van der Waals surface area contributed by atoms with E-state index >= 15 is 0 Å². The lowest BCUT2D eigenvalue weighted by atomic mass is 9.97. The van der Waals surface area contributed by atoms with Gasteiger partial charge in [0, 0.05) is 12.1 Å². The summed E-state index contributed by atoms with van der Waals surface area (Å²) >= 11 is 0. The SMILES string of the molecule is CC(N)CC(C(C)C)N(C)C. The molecule has 0 saturated carbocycles. The Balaban J connectivity index is 3.90. The average molecular weight is 158 g/mol. The maximum absolute atomic E-state index is 5.74. The van der Waals surface area contributed by atoms with Gasteiger partial charge in [-0.25, -0.2) is 0 Å². The molecule has 2 N–H and O–H groups in total. The second kappa shape index (κ2) is 4.73. The Kier molecular flexibility index (Phi) is 4.69. The summed E-state index contributed by atoms with van der Waals surface area (Å²) in [6, 6.07) is 0.930. The van der Waals surface area contributed by atoms with Crippen LogP contribution in [0.5, 0.6) is 0 Å². The van der Waals surface area contributed by atoms with Gasteiger partial charge in [-0.05, 0) is 33.4 Å². The highest BCUT2D eigenvalue weighted by molar-refractivity contribution is 4.73. The zero-order valence-corrected chi connectivity index (χ0v) is 8.46. The van der Waals surface area contributed by atoms with Crippen molar-refractivity contribution >= 4 is 0 Å². The third-order valence-electron chi connectivity index (χ3n) is 2.05. The monoisotopic (exact) mass is 158 g/mol. The van der Waals surface area contributed by atoms with E-state index < -0.39 is 0 Å². The molecule has 2 nitrogen and oxygen atoms in total. The maximum atomic E-state index is 5.74. The summed E-state index contributed by atoms with van der Waals surface area (Å²) in [5, 5.41) is 0. The molecule has 0 bridgehead atoms. The average Bonchev–Trinajstić information content (AvgIpc) is 1.81. The van der Waals surface area contributed by atoms with Gasteiger partial charge in [0.25, 0.3) is 0 Å². The van der Waals surface area contributed by atoms with Crippen LogP contribution in [0.1, 0.15) is 27.2 Å². The third-order valence-corrected chi connectivity index (χ3v) is 2.05. The topological polar surface area (TPSA) is 29.3 Å². The Morgan fingerprint density at radius 2 is 1.64 bits per heavy atom. The molecule has 0 aliphatic rings. The van der Waals surface area contributed by atoms with Crippen LogP contribution in [0.3, 0.4) is 0 Å². The molecule has 0 rings (SSSR count). The lowest BCUT2D eigenvalue weighted by Crippen LogP contribution is -2.37.